The number of hydrogen-bond acceptors (Lipinski definition) is 2. The van der Waals surface area contributed by atoms with Crippen molar-refractivity contribution in [2.45, 2.75) is 26.7 Å². The van der Waals surface area contributed by atoms with Crippen LogP contribution in [0.5, 0.6) is 0 Å². The molecular weight excluding hydrogens is 150 g/mol. The van der Waals surface area contributed by atoms with Crippen LogP contribution >= 0.6 is 0 Å². The van der Waals surface area contributed by atoms with Gasteiger partial charge in [0.2, 0.25) is 0 Å². The fraction of sp³-hybridized carbons (Fsp3) is 0.700. The van der Waals surface area contributed by atoms with Gasteiger partial charge in [-0.2, -0.15) is 0 Å². The summed E-state index contributed by atoms with van der Waals surface area (Å²) in [6, 6.07) is 0. The number of hydrogen-bond donors (Lipinski definition) is 0. The summed E-state index contributed by atoms with van der Waals surface area (Å²) in [6.07, 6.45) is 3.42. The Balaban J connectivity index is 2.47. The Kier molecular flexibility index (Phi) is 2.90. The van der Waals surface area contributed by atoms with Crippen molar-refractivity contribution in [1.29, 1.82) is 0 Å². The molecule has 0 fully saturated rings. The van der Waals surface area contributed by atoms with Crippen molar-refractivity contribution in [3.05, 3.63) is 11.8 Å². The van der Waals surface area contributed by atoms with Gasteiger partial charge in [0.05, 0.1) is 0 Å². The molecule has 0 aromatic rings. The summed E-state index contributed by atoms with van der Waals surface area (Å²) >= 11 is 0. The van der Waals surface area contributed by atoms with E-state index < -0.39 is 0 Å². The van der Waals surface area contributed by atoms with Gasteiger partial charge in [0.15, 0.2) is 5.78 Å². The first-order chi connectivity index (χ1) is 5.59. The van der Waals surface area contributed by atoms with Gasteiger partial charge < -0.3 is 4.90 Å². The molecule has 2 nitrogen and oxygen atoms in total. The van der Waals surface area contributed by atoms with Crippen LogP contribution in [0.3, 0.4) is 0 Å². The molecule has 68 valence electrons. The first kappa shape index (κ1) is 9.30. The average Bonchev–Trinajstić information content (AvgIpc) is 2.34. The third-order valence-corrected chi connectivity index (χ3v) is 2.08. The fourth-order valence-corrected chi connectivity index (χ4v) is 1.55. The van der Waals surface area contributed by atoms with Crippen molar-refractivity contribution in [1.82, 2.24) is 4.90 Å². The second kappa shape index (κ2) is 3.74. The van der Waals surface area contributed by atoms with Gasteiger partial charge in [-0.1, -0.05) is 13.8 Å². The van der Waals surface area contributed by atoms with Gasteiger partial charge >= 0.3 is 0 Å². The smallest absolute Gasteiger partial charge is 0.157 e. The highest BCUT2D eigenvalue weighted by Gasteiger charge is 2.15. The van der Waals surface area contributed by atoms with Crippen LogP contribution < -0.4 is 0 Å². The molecule has 0 heterocycles. The average molecular weight is 167 g/mol. The van der Waals surface area contributed by atoms with E-state index in [-0.39, 0.29) is 5.78 Å². The highest BCUT2D eigenvalue weighted by molar-refractivity contribution is 5.92. The summed E-state index contributed by atoms with van der Waals surface area (Å²) < 4.78 is 0. The largest absolute Gasteiger partial charge is 0.378 e. The highest BCUT2D eigenvalue weighted by atomic mass is 16.1. The SMILES string of the molecule is CC(C)CN(C)C1=CC(=O)CC1. The van der Waals surface area contributed by atoms with Crippen molar-refractivity contribution < 1.29 is 4.79 Å². The first-order valence-corrected chi connectivity index (χ1v) is 4.54. The molecule has 12 heavy (non-hydrogen) atoms. The van der Waals surface area contributed by atoms with Crippen LogP contribution in [0.25, 0.3) is 0 Å². The summed E-state index contributed by atoms with van der Waals surface area (Å²) in [5, 5.41) is 0. The number of nitrogens with zero attached hydrogens (tertiary/aromatic N) is 1. The van der Waals surface area contributed by atoms with E-state index in [2.05, 4.69) is 25.8 Å². The second-order valence-electron chi connectivity index (χ2n) is 3.88. The van der Waals surface area contributed by atoms with E-state index in [1.54, 1.807) is 6.08 Å². The van der Waals surface area contributed by atoms with E-state index in [1.165, 1.54) is 5.70 Å². The van der Waals surface area contributed by atoms with Crippen LogP contribution in [0.4, 0.5) is 0 Å². The zero-order chi connectivity index (χ0) is 9.14. The lowest BCUT2D eigenvalue weighted by atomic mass is 10.2. The van der Waals surface area contributed by atoms with Gasteiger partial charge in [0.25, 0.3) is 0 Å². The van der Waals surface area contributed by atoms with Crippen molar-refractivity contribution in [3.63, 3.8) is 0 Å². The molecule has 0 N–H and O–H groups in total. The maximum Gasteiger partial charge on any atom is 0.157 e. The molecule has 0 aliphatic heterocycles. The standard InChI is InChI=1S/C10H17NO/c1-8(2)7-11(3)9-4-5-10(12)6-9/h6,8H,4-5,7H2,1-3H3. The molecule has 0 saturated heterocycles. The molecule has 0 spiro atoms. The van der Waals surface area contributed by atoms with E-state index in [1.807, 2.05) is 0 Å². The van der Waals surface area contributed by atoms with Crippen LogP contribution in [0.15, 0.2) is 11.8 Å². The summed E-state index contributed by atoms with van der Waals surface area (Å²) in [5.74, 6) is 0.937. The molecule has 0 aromatic carbocycles. The lowest BCUT2D eigenvalue weighted by molar-refractivity contribution is -0.114. The number of carbonyl (C=O) groups excluding carboxylic acids is 1. The molecule has 0 radical (unpaired) electrons. The van der Waals surface area contributed by atoms with Crippen molar-refractivity contribution in [3.8, 4) is 0 Å². The molecule has 2 heteroatoms. The predicted octanol–water partition coefficient (Wildman–Crippen LogP) is 1.82. The quantitative estimate of drug-likeness (QED) is 0.639. The van der Waals surface area contributed by atoms with E-state index >= 15 is 0 Å². The summed E-state index contributed by atoms with van der Waals surface area (Å²) in [6.45, 7) is 5.42. The molecule has 0 amide bonds. The summed E-state index contributed by atoms with van der Waals surface area (Å²) in [4.78, 5) is 13.1. The fourth-order valence-electron chi connectivity index (χ4n) is 1.55. The number of carbonyl (C=O) groups is 1. The van der Waals surface area contributed by atoms with Crippen molar-refractivity contribution in [2.24, 2.45) is 5.92 Å². The molecule has 0 unspecified atom stereocenters. The topological polar surface area (TPSA) is 20.3 Å². The Morgan fingerprint density at radius 1 is 1.50 bits per heavy atom. The summed E-state index contributed by atoms with van der Waals surface area (Å²) in [5.41, 5.74) is 1.20. The Bertz CT molecular complexity index is 206. The van der Waals surface area contributed by atoms with Gasteiger partial charge in [-0.3, -0.25) is 4.79 Å². The minimum Gasteiger partial charge on any atom is -0.378 e. The lowest BCUT2D eigenvalue weighted by Crippen LogP contribution is -2.21. The van der Waals surface area contributed by atoms with Crippen LogP contribution in [-0.2, 0) is 4.79 Å². The van der Waals surface area contributed by atoms with E-state index in [9.17, 15) is 4.79 Å². The zero-order valence-corrected chi connectivity index (χ0v) is 8.13. The molecule has 0 aromatic heterocycles. The normalized spacial score (nSPS) is 17.0. The summed E-state index contributed by atoms with van der Waals surface area (Å²) in [7, 11) is 2.06. The van der Waals surface area contributed by atoms with Crippen LogP contribution in [0, 0.1) is 5.92 Å². The van der Waals surface area contributed by atoms with Gasteiger partial charge in [0, 0.05) is 31.8 Å². The van der Waals surface area contributed by atoms with E-state index in [0.717, 1.165) is 13.0 Å². The predicted molar refractivity (Wildman–Crippen MR) is 49.8 cm³/mol. The molecule has 1 aliphatic rings. The monoisotopic (exact) mass is 167 g/mol. The minimum absolute atomic E-state index is 0.278. The maximum atomic E-state index is 10.9. The molecule has 0 bridgehead atoms. The van der Waals surface area contributed by atoms with Gasteiger partial charge in [-0.05, 0) is 12.3 Å². The number of ketones is 1. The first-order valence-electron chi connectivity index (χ1n) is 4.54. The zero-order valence-electron chi connectivity index (χ0n) is 8.13. The Morgan fingerprint density at radius 3 is 2.58 bits per heavy atom. The lowest BCUT2D eigenvalue weighted by Gasteiger charge is -2.22. The van der Waals surface area contributed by atoms with E-state index in [4.69, 9.17) is 0 Å². The Hall–Kier alpha value is -0.790. The van der Waals surface area contributed by atoms with Gasteiger partial charge in [0.1, 0.15) is 0 Å². The van der Waals surface area contributed by atoms with Gasteiger partial charge in [-0.15, -0.1) is 0 Å². The van der Waals surface area contributed by atoms with Crippen molar-refractivity contribution >= 4 is 5.78 Å². The third-order valence-electron chi connectivity index (χ3n) is 2.08. The van der Waals surface area contributed by atoms with Crippen LogP contribution in [-0.4, -0.2) is 24.3 Å². The van der Waals surface area contributed by atoms with Gasteiger partial charge in [-0.25, -0.2) is 0 Å². The van der Waals surface area contributed by atoms with Crippen LogP contribution in [0.1, 0.15) is 26.7 Å². The maximum absolute atomic E-state index is 10.9. The molecular formula is C10H17NO. The number of allylic oxidation sites excluding steroid dienone is 2. The Morgan fingerprint density at radius 2 is 2.17 bits per heavy atom. The second-order valence-corrected chi connectivity index (χ2v) is 3.88. The highest BCUT2D eigenvalue weighted by Crippen LogP contribution is 2.18. The number of rotatable bonds is 3. The molecule has 0 saturated carbocycles. The molecule has 1 aliphatic carbocycles. The van der Waals surface area contributed by atoms with Crippen LogP contribution in [0.2, 0.25) is 0 Å². The minimum atomic E-state index is 0.278. The van der Waals surface area contributed by atoms with Crippen molar-refractivity contribution in [2.75, 3.05) is 13.6 Å². The Labute approximate surface area is 74.2 Å². The molecule has 1 rings (SSSR count). The third kappa shape index (κ3) is 2.36. The molecule has 0 atom stereocenters. The van der Waals surface area contributed by atoms with E-state index in [0.29, 0.717) is 12.3 Å².